The monoisotopic (exact) mass is 857 g/mol. The molecule has 0 radical (unpaired) electrons. The Morgan fingerprint density at radius 1 is 0.695 bits per heavy atom. The highest BCUT2D eigenvalue weighted by atomic mass is 32.2. The molecule has 4 aromatic rings. The van der Waals surface area contributed by atoms with Gasteiger partial charge in [0.15, 0.2) is 0 Å². The Morgan fingerprint density at radius 3 is 1.78 bits per heavy atom. The van der Waals surface area contributed by atoms with Crippen LogP contribution in [0.1, 0.15) is 49.7 Å². The van der Waals surface area contributed by atoms with E-state index in [4.69, 9.17) is 9.47 Å². The number of nitrogens with zero attached hydrogens (tertiary/aromatic N) is 1. The molecule has 5 rings (SSSR count). The smallest absolute Gasteiger partial charge is 0.492 e. The Labute approximate surface area is 336 Å². The minimum atomic E-state index is -5.80. The van der Waals surface area contributed by atoms with E-state index < -0.39 is 45.4 Å². The molecule has 1 aliphatic rings. The minimum Gasteiger partial charge on any atom is -0.492 e. The van der Waals surface area contributed by atoms with Crippen LogP contribution in [0.5, 0.6) is 28.7 Å². The number of halogens is 7. The maximum absolute atomic E-state index is 12.8. The van der Waals surface area contributed by atoms with Crippen molar-refractivity contribution in [1.82, 2.24) is 15.5 Å². The van der Waals surface area contributed by atoms with E-state index in [2.05, 4.69) is 24.5 Å². The summed E-state index contributed by atoms with van der Waals surface area (Å²) in [6, 6.07) is 22.4. The van der Waals surface area contributed by atoms with Gasteiger partial charge in [-0.15, -0.1) is 13.2 Å². The number of hydrogen-bond acceptors (Lipinski definition) is 9. The standard InChI is InChI=1S/C22H25F3N2O3.C18H17F4NO5S/c1-16(21(28)26-10-13-27-11-2-3-12-27)17-6-4-7-18(14-17)29-19-8-5-9-20(15-19)30-22(23,24)25;1-12(17(24)23-9-10-27-15-7-5-14(19)6-8-15)13-3-2-4-16(11-13)28-29(25,26)18(20,21)22/h4-9,14-16H,2-3,10-13H2,1H3,(H,26,28);2-8,11-12H,9-10H2,1H3,(H,23,24). The van der Waals surface area contributed by atoms with Crippen LogP contribution in [-0.4, -0.2) is 76.3 Å². The lowest BCUT2D eigenvalue weighted by Gasteiger charge is -2.17. The first kappa shape index (κ1) is 46.1. The van der Waals surface area contributed by atoms with Gasteiger partial charge in [-0.1, -0.05) is 30.3 Å². The number of rotatable bonds is 16. The van der Waals surface area contributed by atoms with Gasteiger partial charge < -0.3 is 33.9 Å². The summed E-state index contributed by atoms with van der Waals surface area (Å²) in [7, 11) is -5.80. The summed E-state index contributed by atoms with van der Waals surface area (Å²) in [4.78, 5) is 27.0. The third-order valence-corrected chi connectivity index (χ3v) is 9.66. The van der Waals surface area contributed by atoms with E-state index in [0.29, 0.717) is 18.0 Å². The zero-order chi connectivity index (χ0) is 43.2. The van der Waals surface area contributed by atoms with E-state index in [1.165, 1.54) is 74.4 Å². The topological polar surface area (TPSA) is 132 Å². The number of hydrogen-bond donors (Lipinski definition) is 2. The van der Waals surface area contributed by atoms with Crippen molar-refractivity contribution < 1.29 is 67.1 Å². The molecule has 2 atom stereocenters. The molecule has 4 aromatic carbocycles. The fraction of sp³-hybridized carbons (Fsp3) is 0.350. The molecule has 19 heteroatoms. The largest absolute Gasteiger partial charge is 0.573 e. The Bertz CT molecular complexity index is 2100. The Kier molecular flexibility index (Phi) is 16.4. The van der Waals surface area contributed by atoms with Crippen molar-refractivity contribution in [2.24, 2.45) is 0 Å². The van der Waals surface area contributed by atoms with Crippen LogP contribution in [0.3, 0.4) is 0 Å². The molecule has 59 heavy (non-hydrogen) atoms. The van der Waals surface area contributed by atoms with Crippen LogP contribution in [0.25, 0.3) is 0 Å². The van der Waals surface area contributed by atoms with Crippen molar-refractivity contribution in [3.8, 4) is 28.7 Å². The quantitative estimate of drug-likeness (QED) is 0.0498. The number of nitrogens with one attached hydrogen (secondary N) is 2. The zero-order valence-corrected chi connectivity index (χ0v) is 32.6. The highest BCUT2D eigenvalue weighted by Crippen LogP contribution is 2.31. The second-order valence-electron chi connectivity index (χ2n) is 13.1. The van der Waals surface area contributed by atoms with E-state index in [9.17, 15) is 48.7 Å². The van der Waals surface area contributed by atoms with Crippen LogP contribution in [0.15, 0.2) is 97.1 Å². The van der Waals surface area contributed by atoms with Gasteiger partial charge in [0.1, 0.15) is 41.2 Å². The van der Waals surface area contributed by atoms with Gasteiger partial charge in [-0.25, -0.2) is 4.39 Å². The van der Waals surface area contributed by atoms with Crippen molar-refractivity contribution in [2.45, 2.75) is 50.4 Å². The molecule has 1 saturated heterocycles. The van der Waals surface area contributed by atoms with Crippen molar-refractivity contribution in [1.29, 1.82) is 0 Å². The molecule has 2 unspecified atom stereocenters. The van der Waals surface area contributed by atoms with Crippen molar-refractivity contribution in [2.75, 3.05) is 39.3 Å². The molecular formula is C40H42F7N3O8S. The van der Waals surface area contributed by atoms with Gasteiger partial charge in [-0.05, 0) is 112 Å². The van der Waals surface area contributed by atoms with E-state index in [0.717, 1.165) is 43.4 Å². The average Bonchev–Trinajstić information content (AvgIpc) is 3.69. The summed E-state index contributed by atoms with van der Waals surface area (Å²) < 4.78 is 128. The van der Waals surface area contributed by atoms with Crippen LogP contribution < -0.4 is 29.0 Å². The molecule has 2 amide bonds. The second-order valence-corrected chi connectivity index (χ2v) is 14.7. The Morgan fingerprint density at radius 2 is 1.20 bits per heavy atom. The zero-order valence-electron chi connectivity index (χ0n) is 31.8. The third kappa shape index (κ3) is 15.3. The molecule has 0 aromatic heterocycles. The lowest BCUT2D eigenvalue weighted by atomic mass is 10.00. The predicted molar refractivity (Wildman–Crippen MR) is 202 cm³/mol. The first-order chi connectivity index (χ1) is 27.8. The molecule has 1 aliphatic heterocycles. The molecule has 1 heterocycles. The van der Waals surface area contributed by atoms with Gasteiger partial charge in [0.05, 0.1) is 18.4 Å². The summed E-state index contributed by atoms with van der Waals surface area (Å²) in [5.74, 6) is -1.98. The maximum atomic E-state index is 12.8. The average molecular weight is 858 g/mol. The second kappa shape index (κ2) is 20.9. The Balaban J connectivity index is 0.000000261. The van der Waals surface area contributed by atoms with Crippen LogP contribution in [-0.2, 0) is 19.7 Å². The minimum absolute atomic E-state index is 0.0769. The van der Waals surface area contributed by atoms with Gasteiger partial charge in [0.25, 0.3) is 0 Å². The van der Waals surface area contributed by atoms with Crippen LogP contribution in [0.4, 0.5) is 30.7 Å². The van der Waals surface area contributed by atoms with Crippen LogP contribution >= 0.6 is 0 Å². The van der Waals surface area contributed by atoms with E-state index in [1.807, 2.05) is 13.0 Å². The van der Waals surface area contributed by atoms with Crippen molar-refractivity contribution >= 4 is 21.9 Å². The molecule has 0 saturated carbocycles. The van der Waals surface area contributed by atoms with E-state index in [1.54, 1.807) is 18.2 Å². The fourth-order valence-electron chi connectivity index (χ4n) is 5.55. The molecule has 0 aliphatic carbocycles. The molecule has 320 valence electrons. The molecular weight excluding hydrogens is 816 g/mol. The summed E-state index contributed by atoms with van der Waals surface area (Å²) in [6.07, 6.45) is -2.35. The first-order valence-electron chi connectivity index (χ1n) is 18.2. The number of benzene rings is 4. The van der Waals surface area contributed by atoms with E-state index in [-0.39, 0.29) is 42.0 Å². The van der Waals surface area contributed by atoms with Gasteiger partial charge in [-0.2, -0.15) is 21.6 Å². The highest BCUT2D eigenvalue weighted by Gasteiger charge is 2.48. The molecule has 1 fully saturated rings. The number of carbonyl (C=O) groups is 2. The van der Waals surface area contributed by atoms with E-state index >= 15 is 0 Å². The summed E-state index contributed by atoms with van der Waals surface area (Å²) in [6.45, 7) is 7.15. The van der Waals surface area contributed by atoms with Crippen molar-refractivity contribution in [3.05, 3.63) is 114 Å². The van der Waals surface area contributed by atoms with Gasteiger partial charge in [0, 0.05) is 19.2 Å². The number of likely N-dealkylation sites (tertiary alicyclic amines) is 1. The predicted octanol–water partition coefficient (Wildman–Crippen LogP) is 8.05. The SMILES string of the molecule is CC(C(=O)NCCN1CCCC1)c1cccc(Oc2cccc(OC(F)(F)F)c2)c1.CC(C(=O)NCCOc1ccc(F)cc1)c1cccc(OS(=O)(=O)C(F)(F)F)c1. The molecule has 0 bridgehead atoms. The lowest BCUT2D eigenvalue weighted by molar-refractivity contribution is -0.274. The number of alkyl halides is 6. The van der Waals surface area contributed by atoms with Gasteiger partial charge in [0.2, 0.25) is 11.8 Å². The van der Waals surface area contributed by atoms with Crippen molar-refractivity contribution in [3.63, 3.8) is 0 Å². The number of amides is 2. The lowest BCUT2D eigenvalue weighted by Crippen LogP contribution is -2.35. The van der Waals surface area contributed by atoms with Gasteiger partial charge in [-0.3, -0.25) is 9.59 Å². The Hall–Kier alpha value is -5.56. The maximum Gasteiger partial charge on any atom is 0.573 e. The number of ether oxygens (including phenoxy) is 3. The summed E-state index contributed by atoms with van der Waals surface area (Å²) in [5.41, 5.74) is -4.54. The van der Waals surface area contributed by atoms with Crippen LogP contribution in [0.2, 0.25) is 0 Å². The third-order valence-electron chi connectivity index (χ3n) is 8.68. The highest BCUT2D eigenvalue weighted by molar-refractivity contribution is 7.88. The number of carbonyl (C=O) groups excluding carboxylic acids is 2. The normalized spacial score (nSPS) is 14.3. The molecule has 11 nitrogen and oxygen atoms in total. The summed E-state index contributed by atoms with van der Waals surface area (Å²) in [5, 5.41) is 5.54. The molecule has 0 spiro atoms. The molecule has 2 N–H and O–H groups in total. The first-order valence-corrected chi connectivity index (χ1v) is 19.6. The fourth-order valence-corrected chi connectivity index (χ4v) is 6.01. The van der Waals surface area contributed by atoms with Crippen LogP contribution in [0, 0.1) is 5.82 Å². The summed E-state index contributed by atoms with van der Waals surface area (Å²) >= 11 is 0. The van der Waals surface area contributed by atoms with Gasteiger partial charge >= 0.3 is 22.0 Å².